The molecule has 2 N–H and O–H groups in total. The summed E-state index contributed by atoms with van der Waals surface area (Å²) in [5.41, 5.74) is 6.03. The van der Waals surface area contributed by atoms with Gasteiger partial charge in [-0.15, -0.1) is 23.7 Å². The van der Waals surface area contributed by atoms with Gasteiger partial charge in [0.15, 0.2) is 0 Å². The molecule has 1 saturated heterocycles. The molecule has 10 heteroatoms. The molecule has 25 heavy (non-hydrogen) atoms. The van der Waals surface area contributed by atoms with Crippen LogP contribution in [0.3, 0.4) is 0 Å². The Bertz CT molecular complexity index is 703. The van der Waals surface area contributed by atoms with Crippen molar-refractivity contribution in [1.82, 2.24) is 9.21 Å². The van der Waals surface area contributed by atoms with E-state index in [4.69, 9.17) is 17.3 Å². The number of nitrogens with zero attached hydrogens (tertiary/aromatic N) is 2. The molecule has 0 radical (unpaired) electrons. The van der Waals surface area contributed by atoms with Crippen LogP contribution in [0.1, 0.15) is 25.7 Å². The predicted octanol–water partition coefficient (Wildman–Crippen LogP) is 2.17. The molecule has 0 spiro atoms. The highest BCUT2D eigenvalue weighted by atomic mass is 35.5. The molecule has 1 aliphatic heterocycles. The fourth-order valence-electron chi connectivity index (χ4n) is 3.41. The summed E-state index contributed by atoms with van der Waals surface area (Å²) in [6, 6.07) is 3.24. The number of rotatable bonds is 4. The van der Waals surface area contributed by atoms with Crippen molar-refractivity contribution in [3.63, 3.8) is 0 Å². The Labute approximate surface area is 163 Å². The summed E-state index contributed by atoms with van der Waals surface area (Å²) in [5.74, 6) is 0.362. The Morgan fingerprint density at radius 3 is 2.44 bits per heavy atom. The Morgan fingerprint density at radius 2 is 1.92 bits per heavy atom. The zero-order valence-electron chi connectivity index (χ0n) is 13.8. The molecule has 6 nitrogen and oxygen atoms in total. The van der Waals surface area contributed by atoms with Crippen LogP contribution in [0.25, 0.3) is 0 Å². The van der Waals surface area contributed by atoms with Gasteiger partial charge in [-0.1, -0.05) is 18.0 Å². The van der Waals surface area contributed by atoms with E-state index in [1.165, 1.54) is 10.4 Å². The summed E-state index contributed by atoms with van der Waals surface area (Å²) in [5, 5.41) is 0. The number of carbonyl (C=O) groups excluding carboxylic acids is 1. The van der Waals surface area contributed by atoms with Crippen molar-refractivity contribution < 1.29 is 13.2 Å². The molecule has 1 aromatic heterocycles. The van der Waals surface area contributed by atoms with E-state index in [-0.39, 0.29) is 34.5 Å². The summed E-state index contributed by atoms with van der Waals surface area (Å²) >= 11 is 6.89. The van der Waals surface area contributed by atoms with Crippen molar-refractivity contribution in [3.05, 3.63) is 16.5 Å². The van der Waals surface area contributed by atoms with Crippen LogP contribution in [0, 0.1) is 5.92 Å². The lowest BCUT2D eigenvalue weighted by Crippen LogP contribution is -2.50. The lowest BCUT2D eigenvalue weighted by molar-refractivity contribution is -0.133. The molecule has 2 fully saturated rings. The largest absolute Gasteiger partial charge is 0.340 e. The first-order valence-corrected chi connectivity index (χ1v) is 10.8. The van der Waals surface area contributed by atoms with Crippen molar-refractivity contribution in [2.24, 2.45) is 11.7 Å². The first-order chi connectivity index (χ1) is 11.4. The third-order valence-corrected chi connectivity index (χ3v) is 8.49. The quantitative estimate of drug-likeness (QED) is 0.797. The molecule has 2 heterocycles. The monoisotopic (exact) mass is 427 g/mol. The average molecular weight is 428 g/mol. The van der Waals surface area contributed by atoms with Crippen molar-refractivity contribution >= 4 is 51.3 Å². The standard InChI is InChI=1S/C15H22ClN3O3S2.ClH/c16-13-4-5-15(23-13)24(21,22)19-8-6-18(7-9-19)14(20)10-11-2-1-3-12(11)17;/h4-5,11-12H,1-3,6-10,17H2;1H/t11-,12+;/m0./s1. The molecule has 0 aromatic carbocycles. The molecule has 1 aromatic rings. The first-order valence-electron chi connectivity index (χ1n) is 8.17. The topological polar surface area (TPSA) is 83.7 Å². The van der Waals surface area contributed by atoms with Crippen LogP contribution >= 0.6 is 35.3 Å². The summed E-state index contributed by atoms with van der Waals surface area (Å²) < 4.78 is 27.3. The van der Waals surface area contributed by atoms with Crippen LogP contribution in [0.2, 0.25) is 4.34 Å². The summed E-state index contributed by atoms with van der Waals surface area (Å²) in [6.07, 6.45) is 3.58. The lowest BCUT2D eigenvalue weighted by atomic mass is 9.99. The maximum atomic E-state index is 12.6. The van der Waals surface area contributed by atoms with Gasteiger partial charge < -0.3 is 10.6 Å². The van der Waals surface area contributed by atoms with Crippen LogP contribution in [0.15, 0.2) is 16.3 Å². The molecule has 0 bridgehead atoms. The minimum atomic E-state index is -3.51. The van der Waals surface area contributed by atoms with E-state index >= 15 is 0 Å². The van der Waals surface area contributed by atoms with Gasteiger partial charge in [-0.05, 0) is 30.9 Å². The summed E-state index contributed by atoms with van der Waals surface area (Å²) in [4.78, 5) is 14.2. The van der Waals surface area contributed by atoms with Crippen molar-refractivity contribution in [2.45, 2.75) is 35.9 Å². The van der Waals surface area contributed by atoms with Crippen molar-refractivity contribution in [2.75, 3.05) is 26.2 Å². The van der Waals surface area contributed by atoms with E-state index in [1.807, 2.05) is 0 Å². The first kappa shape index (κ1) is 20.9. The van der Waals surface area contributed by atoms with E-state index in [1.54, 1.807) is 11.0 Å². The number of hydrogen-bond acceptors (Lipinski definition) is 5. The smallest absolute Gasteiger partial charge is 0.252 e. The zero-order chi connectivity index (χ0) is 17.3. The molecule has 1 amide bonds. The second kappa shape index (κ2) is 8.54. The second-order valence-electron chi connectivity index (χ2n) is 6.40. The Hall–Kier alpha value is -0.380. The van der Waals surface area contributed by atoms with Gasteiger partial charge in [0.25, 0.3) is 10.0 Å². The van der Waals surface area contributed by atoms with Gasteiger partial charge >= 0.3 is 0 Å². The van der Waals surface area contributed by atoms with Crippen LogP contribution < -0.4 is 5.73 Å². The molecule has 0 unspecified atom stereocenters. The number of hydrogen-bond donors (Lipinski definition) is 1. The van der Waals surface area contributed by atoms with Gasteiger partial charge in [0.1, 0.15) is 4.21 Å². The Balaban J connectivity index is 0.00000225. The van der Waals surface area contributed by atoms with Gasteiger partial charge in [-0.3, -0.25) is 4.79 Å². The third-order valence-electron chi connectivity index (χ3n) is 4.89. The van der Waals surface area contributed by atoms with E-state index < -0.39 is 10.0 Å². The minimum Gasteiger partial charge on any atom is -0.340 e. The van der Waals surface area contributed by atoms with E-state index in [0.717, 1.165) is 30.6 Å². The second-order valence-corrected chi connectivity index (χ2v) is 10.3. The number of carbonyl (C=O) groups is 1. The van der Waals surface area contributed by atoms with E-state index in [2.05, 4.69) is 0 Å². The maximum absolute atomic E-state index is 12.6. The average Bonchev–Trinajstić information content (AvgIpc) is 3.17. The molecular weight excluding hydrogens is 405 g/mol. The number of nitrogens with two attached hydrogens (primary N) is 1. The van der Waals surface area contributed by atoms with Crippen LogP contribution in [-0.2, 0) is 14.8 Å². The highest BCUT2D eigenvalue weighted by Crippen LogP contribution is 2.30. The number of sulfonamides is 1. The highest BCUT2D eigenvalue weighted by Gasteiger charge is 2.33. The molecule has 2 aliphatic rings. The SMILES string of the molecule is Cl.N[C@@H]1CCC[C@H]1CC(=O)N1CCN(S(=O)(=O)c2ccc(Cl)s2)CC1. The fourth-order valence-corrected chi connectivity index (χ4v) is 6.47. The van der Waals surface area contributed by atoms with Crippen molar-refractivity contribution in [1.29, 1.82) is 0 Å². The highest BCUT2D eigenvalue weighted by molar-refractivity contribution is 7.91. The number of piperazine rings is 1. The summed E-state index contributed by atoms with van der Waals surface area (Å²) in [7, 11) is -3.51. The van der Waals surface area contributed by atoms with Crippen LogP contribution in [-0.4, -0.2) is 55.8 Å². The fraction of sp³-hybridized carbons (Fsp3) is 0.667. The van der Waals surface area contributed by atoms with Gasteiger partial charge in [0, 0.05) is 38.6 Å². The third kappa shape index (κ3) is 4.67. The molecule has 2 atom stereocenters. The lowest BCUT2D eigenvalue weighted by Gasteiger charge is -2.34. The van der Waals surface area contributed by atoms with Crippen molar-refractivity contribution in [3.8, 4) is 0 Å². The zero-order valence-corrected chi connectivity index (χ0v) is 17.0. The van der Waals surface area contributed by atoms with Gasteiger partial charge in [-0.25, -0.2) is 8.42 Å². The molecule has 142 valence electrons. The number of thiophene rings is 1. The minimum absolute atomic E-state index is 0. The summed E-state index contributed by atoms with van der Waals surface area (Å²) in [6.45, 7) is 1.50. The molecule has 1 saturated carbocycles. The molecule has 1 aliphatic carbocycles. The van der Waals surface area contributed by atoms with Gasteiger partial charge in [0.05, 0.1) is 4.34 Å². The normalized spacial score (nSPS) is 25.0. The number of amides is 1. The maximum Gasteiger partial charge on any atom is 0.252 e. The number of halogens is 2. The Kier molecular flexibility index (Phi) is 7.15. The van der Waals surface area contributed by atoms with E-state index in [0.29, 0.717) is 36.9 Å². The Morgan fingerprint density at radius 1 is 1.24 bits per heavy atom. The van der Waals surface area contributed by atoms with Gasteiger partial charge in [0.2, 0.25) is 5.91 Å². The van der Waals surface area contributed by atoms with Crippen LogP contribution in [0.5, 0.6) is 0 Å². The predicted molar refractivity (Wildman–Crippen MR) is 102 cm³/mol. The molecule has 3 rings (SSSR count). The van der Waals surface area contributed by atoms with Gasteiger partial charge in [-0.2, -0.15) is 4.31 Å². The van der Waals surface area contributed by atoms with E-state index in [9.17, 15) is 13.2 Å². The molecular formula is C15H23Cl2N3O3S2. The van der Waals surface area contributed by atoms with Crippen LogP contribution in [0.4, 0.5) is 0 Å².